The minimum absolute atomic E-state index is 0.244. The van der Waals surface area contributed by atoms with Crippen molar-refractivity contribution in [2.24, 2.45) is 0 Å². The number of pyridine rings is 1. The van der Waals surface area contributed by atoms with Gasteiger partial charge in [0.1, 0.15) is 5.82 Å². The number of nitrogens with two attached hydrogens (primary N) is 1. The van der Waals surface area contributed by atoms with Gasteiger partial charge in [0.15, 0.2) is 5.65 Å². The first-order valence-corrected chi connectivity index (χ1v) is 13.7. The van der Waals surface area contributed by atoms with Crippen LogP contribution in [0.1, 0.15) is 41.6 Å². The van der Waals surface area contributed by atoms with Crippen LogP contribution in [0.4, 0.5) is 17.5 Å². The third kappa shape index (κ3) is 4.78. The second-order valence-corrected chi connectivity index (χ2v) is 11.1. The molecule has 0 radical (unpaired) electrons. The first-order chi connectivity index (χ1) is 16.3. The van der Waals surface area contributed by atoms with Gasteiger partial charge >= 0.3 is 0 Å². The molecular formula is C24H31N7O2S. The number of nitrogens with zero attached hydrogens (tertiary/aromatic N) is 4. The Bertz CT molecular complexity index is 1330. The Morgan fingerprint density at radius 1 is 1.12 bits per heavy atom. The molecule has 1 saturated heterocycles. The van der Waals surface area contributed by atoms with Gasteiger partial charge in [-0.05, 0) is 61.8 Å². The third-order valence-corrected chi connectivity index (χ3v) is 7.39. The molecule has 1 aliphatic carbocycles. The second kappa shape index (κ2) is 8.99. The number of sulfonamides is 1. The Balaban J connectivity index is 1.25. The summed E-state index contributed by atoms with van der Waals surface area (Å²) in [4.78, 5) is 16.4. The summed E-state index contributed by atoms with van der Waals surface area (Å²) < 4.78 is 26.0. The Morgan fingerprint density at radius 3 is 2.65 bits per heavy atom. The van der Waals surface area contributed by atoms with Crippen LogP contribution in [0.15, 0.2) is 24.3 Å². The van der Waals surface area contributed by atoms with E-state index >= 15 is 0 Å². The van der Waals surface area contributed by atoms with Gasteiger partial charge < -0.3 is 11.1 Å². The lowest BCUT2D eigenvalue weighted by molar-refractivity contribution is 0.211. The number of aromatic nitrogens is 3. The number of hydrogen-bond donors (Lipinski definition) is 3. The summed E-state index contributed by atoms with van der Waals surface area (Å²) in [7, 11) is -3.32. The Morgan fingerprint density at radius 2 is 1.88 bits per heavy atom. The number of benzene rings is 1. The average Bonchev–Trinajstić information content (AvgIpc) is 3.24. The van der Waals surface area contributed by atoms with Gasteiger partial charge in [-0.1, -0.05) is 18.2 Å². The number of aryl methyl sites for hydroxylation is 2. The van der Waals surface area contributed by atoms with Crippen molar-refractivity contribution in [3.8, 4) is 0 Å². The monoisotopic (exact) mass is 481 g/mol. The maximum atomic E-state index is 11.7. The molecule has 4 N–H and O–H groups in total. The normalized spacial score (nSPS) is 17.1. The number of nitrogens with one attached hydrogen (secondary N) is 2. The van der Waals surface area contributed by atoms with Gasteiger partial charge in [-0.15, -0.1) is 0 Å². The van der Waals surface area contributed by atoms with Crippen molar-refractivity contribution in [2.45, 2.75) is 51.6 Å². The number of rotatable bonds is 6. The molecule has 0 saturated carbocycles. The van der Waals surface area contributed by atoms with Gasteiger partial charge in [0, 0.05) is 31.4 Å². The smallest absolute Gasteiger partial charge is 0.229 e. The number of hydrogen-bond acceptors (Lipinski definition) is 8. The van der Waals surface area contributed by atoms with E-state index in [9.17, 15) is 8.42 Å². The van der Waals surface area contributed by atoms with E-state index in [2.05, 4.69) is 26.8 Å². The topological polar surface area (TPSA) is 126 Å². The Hall–Kier alpha value is -2.98. The van der Waals surface area contributed by atoms with Gasteiger partial charge in [0.2, 0.25) is 16.0 Å². The summed E-state index contributed by atoms with van der Waals surface area (Å²) in [6.45, 7) is 4.57. The first kappa shape index (κ1) is 22.8. The maximum absolute atomic E-state index is 11.7. The minimum Gasteiger partial charge on any atom is -0.383 e. The van der Waals surface area contributed by atoms with Crippen LogP contribution < -0.4 is 15.8 Å². The number of para-hydroxylation sites is 1. The van der Waals surface area contributed by atoms with E-state index in [1.54, 1.807) is 6.07 Å². The Labute approximate surface area is 200 Å². The lowest BCUT2D eigenvalue weighted by Crippen LogP contribution is -2.39. The highest BCUT2D eigenvalue weighted by Gasteiger charge is 2.23. The lowest BCUT2D eigenvalue weighted by Gasteiger charge is -2.32. The number of likely N-dealkylation sites (tertiary alicyclic amines) is 1. The van der Waals surface area contributed by atoms with Crippen LogP contribution >= 0.6 is 0 Å². The van der Waals surface area contributed by atoms with Crippen molar-refractivity contribution in [3.63, 3.8) is 0 Å². The standard InChI is InChI=1S/C24H31N7O2S/c1-15-18-7-5-9-20(18)27-23-21(15)22(25)28-24(29-23)26-17-10-12-31(13-11-17)14-16-6-3-4-8-19(16)30-34(2,32)33/h3-4,6,8,17,30H,5,7,9-14H2,1-2H3,(H3,25,26,27,28,29). The second-order valence-electron chi connectivity index (χ2n) is 9.37. The number of fused-ring (bicyclic) bond motifs is 2. The van der Waals surface area contributed by atoms with Crippen molar-refractivity contribution in [3.05, 3.63) is 46.6 Å². The highest BCUT2D eigenvalue weighted by Crippen LogP contribution is 2.31. The fourth-order valence-corrected chi connectivity index (χ4v) is 5.72. The van der Waals surface area contributed by atoms with E-state index in [4.69, 9.17) is 15.7 Å². The lowest BCUT2D eigenvalue weighted by atomic mass is 10.0. The quantitative estimate of drug-likeness (QED) is 0.491. The molecule has 34 heavy (non-hydrogen) atoms. The molecule has 1 fully saturated rings. The molecule has 5 rings (SSSR count). The molecule has 3 heterocycles. The predicted molar refractivity (Wildman–Crippen MR) is 135 cm³/mol. The minimum atomic E-state index is -3.32. The van der Waals surface area contributed by atoms with E-state index < -0.39 is 10.0 Å². The van der Waals surface area contributed by atoms with Gasteiger partial charge in [-0.3, -0.25) is 9.62 Å². The van der Waals surface area contributed by atoms with E-state index in [0.717, 1.165) is 61.8 Å². The highest BCUT2D eigenvalue weighted by atomic mass is 32.2. The molecular weight excluding hydrogens is 450 g/mol. The van der Waals surface area contributed by atoms with E-state index in [-0.39, 0.29) is 6.04 Å². The zero-order valence-corrected chi connectivity index (χ0v) is 20.5. The van der Waals surface area contributed by atoms with Crippen molar-refractivity contribution in [1.82, 2.24) is 19.9 Å². The van der Waals surface area contributed by atoms with Gasteiger partial charge in [0.25, 0.3) is 0 Å². The summed E-state index contributed by atoms with van der Waals surface area (Å²) in [5.74, 6) is 1.02. The van der Waals surface area contributed by atoms with Gasteiger partial charge in [0.05, 0.1) is 17.3 Å². The fourth-order valence-electron chi connectivity index (χ4n) is 5.12. The molecule has 0 amide bonds. The van der Waals surface area contributed by atoms with E-state index in [1.165, 1.54) is 17.4 Å². The van der Waals surface area contributed by atoms with E-state index in [1.807, 2.05) is 18.2 Å². The number of piperidine rings is 1. The molecule has 1 aliphatic heterocycles. The van der Waals surface area contributed by atoms with Crippen LogP contribution in [-0.4, -0.2) is 53.7 Å². The molecule has 0 bridgehead atoms. The van der Waals surface area contributed by atoms with Crippen LogP contribution in [0.5, 0.6) is 0 Å². The molecule has 9 nitrogen and oxygen atoms in total. The molecule has 1 aromatic carbocycles. The zero-order chi connectivity index (χ0) is 23.9. The molecule has 10 heteroatoms. The molecule has 180 valence electrons. The average molecular weight is 482 g/mol. The van der Waals surface area contributed by atoms with Crippen molar-refractivity contribution < 1.29 is 8.42 Å². The SMILES string of the molecule is Cc1c2c(nc3nc(NC4CCN(Cc5ccccc5NS(C)(=O)=O)CC4)nc(N)c13)CCC2. The summed E-state index contributed by atoms with van der Waals surface area (Å²) in [6, 6.07) is 7.79. The van der Waals surface area contributed by atoms with Crippen LogP contribution in [0.2, 0.25) is 0 Å². The first-order valence-electron chi connectivity index (χ1n) is 11.8. The predicted octanol–water partition coefficient (Wildman–Crippen LogP) is 2.85. The van der Waals surface area contributed by atoms with Gasteiger partial charge in [-0.2, -0.15) is 9.97 Å². The summed E-state index contributed by atoms with van der Waals surface area (Å²) in [5, 5.41) is 4.34. The zero-order valence-electron chi connectivity index (χ0n) is 19.6. The van der Waals surface area contributed by atoms with Gasteiger partial charge in [-0.25, -0.2) is 13.4 Å². The largest absolute Gasteiger partial charge is 0.383 e. The molecule has 2 aromatic heterocycles. The summed E-state index contributed by atoms with van der Waals surface area (Å²) in [6.07, 6.45) is 6.22. The third-order valence-electron chi connectivity index (χ3n) is 6.80. The van der Waals surface area contributed by atoms with E-state index in [0.29, 0.717) is 29.6 Å². The van der Waals surface area contributed by atoms with Crippen LogP contribution in [0.3, 0.4) is 0 Å². The van der Waals surface area contributed by atoms with Crippen molar-refractivity contribution >= 4 is 38.5 Å². The molecule has 0 unspecified atom stereocenters. The van der Waals surface area contributed by atoms with Crippen LogP contribution in [0.25, 0.3) is 11.0 Å². The van der Waals surface area contributed by atoms with Crippen LogP contribution in [-0.2, 0) is 29.4 Å². The summed E-state index contributed by atoms with van der Waals surface area (Å²) in [5.41, 5.74) is 12.2. The van der Waals surface area contributed by atoms with Crippen molar-refractivity contribution in [1.29, 1.82) is 0 Å². The fraction of sp³-hybridized carbons (Fsp3) is 0.458. The summed E-state index contributed by atoms with van der Waals surface area (Å²) >= 11 is 0. The van der Waals surface area contributed by atoms with Crippen LogP contribution in [0, 0.1) is 6.92 Å². The maximum Gasteiger partial charge on any atom is 0.229 e. The highest BCUT2D eigenvalue weighted by molar-refractivity contribution is 7.92. The number of nitrogen functional groups attached to an aromatic ring is 1. The molecule has 0 atom stereocenters. The molecule has 2 aliphatic rings. The molecule has 3 aromatic rings. The number of anilines is 3. The Kier molecular flexibility index (Phi) is 6.03. The molecule has 0 spiro atoms. The van der Waals surface area contributed by atoms with Crippen molar-refractivity contribution in [2.75, 3.05) is 35.1 Å².